The van der Waals surface area contributed by atoms with Crippen LogP contribution in [0.4, 0.5) is 0 Å². The van der Waals surface area contributed by atoms with Gasteiger partial charge in [0.25, 0.3) is 0 Å². The monoisotopic (exact) mass is 407 g/mol. The highest BCUT2D eigenvalue weighted by atomic mass is 16.5. The number of carbonyl (C=O) groups is 1. The highest BCUT2D eigenvalue weighted by Crippen LogP contribution is 2.49. The molecule has 0 saturated heterocycles. The smallest absolute Gasteiger partial charge is 0.343 e. The van der Waals surface area contributed by atoms with E-state index in [1.54, 1.807) is 19.2 Å². The fourth-order valence-corrected chi connectivity index (χ4v) is 4.89. The summed E-state index contributed by atoms with van der Waals surface area (Å²) in [4.78, 5) is 25.1. The molecule has 1 aliphatic heterocycles. The molecule has 0 atom stereocenters. The molecule has 30 heavy (non-hydrogen) atoms. The molecule has 5 nitrogen and oxygen atoms in total. The normalized spacial score (nSPS) is 18.3. The Kier molecular flexibility index (Phi) is 4.72. The molecule has 5 rings (SSSR count). The molecule has 158 valence electrons. The largest absolute Gasteiger partial charge is 0.493 e. The van der Waals surface area contributed by atoms with Crippen LogP contribution in [0, 0.1) is 5.92 Å². The summed E-state index contributed by atoms with van der Waals surface area (Å²) in [6.07, 6.45) is 9.35. The van der Waals surface area contributed by atoms with Gasteiger partial charge >= 0.3 is 5.97 Å². The van der Waals surface area contributed by atoms with Crippen molar-refractivity contribution in [2.24, 2.45) is 5.92 Å². The topological polar surface area (TPSA) is 57.5 Å². The van der Waals surface area contributed by atoms with Gasteiger partial charge in [-0.1, -0.05) is 6.92 Å². The first-order valence-electron chi connectivity index (χ1n) is 11.3. The van der Waals surface area contributed by atoms with Crippen molar-refractivity contribution < 1.29 is 14.3 Å². The van der Waals surface area contributed by atoms with Gasteiger partial charge in [-0.3, -0.25) is 4.79 Å². The minimum atomic E-state index is -0.531. The minimum absolute atomic E-state index is 0.0568. The predicted octanol–water partition coefficient (Wildman–Crippen LogP) is 4.48. The molecule has 0 amide bonds. The molecule has 3 aliphatic rings. The van der Waals surface area contributed by atoms with Crippen molar-refractivity contribution in [3.05, 3.63) is 51.3 Å². The number of nitrogens with zero attached hydrogens (tertiary/aromatic N) is 1. The zero-order chi connectivity index (χ0) is 20.9. The van der Waals surface area contributed by atoms with Crippen molar-refractivity contribution in [2.45, 2.75) is 64.3 Å². The minimum Gasteiger partial charge on any atom is -0.493 e. The molecular formula is C25H29NO4. The van der Waals surface area contributed by atoms with Crippen molar-refractivity contribution in [3.63, 3.8) is 0 Å². The van der Waals surface area contributed by atoms with E-state index in [2.05, 4.69) is 23.6 Å². The molecule has 0 radical (unpaired) electrons. The van der Waals surface area contributed by atoms with Crippen LogP contribution in [0.5, 0.6) is 5.75 Å². The molecule has 1 aromatic carbocycles. The van der Waals surface area contributed by atoms with E-state index < -0.39 is 5.97 Å². The first-order chi connectivity index (χ1) is 14.5. The molecule has 2 aromatic rings. The number of hydrogen-bond acceptors (Lipinski definition) is 4. The molecule has 5 heteroatoms. The van der Waals surface area contributed by atoms with Gasteiger partial charge in [0.2, 0.25) is 0 Å². The Balaban J connectivity index is 1.62. The van der Waals surface area contributed by atoms with Crippen LogP contribution in [0.25, 0.3) is 11.3 Å². The van der Waals surface area contributed by atoms with Crippen molar-refractivity contribution in [1.29, 1.82) is 0 Å². The standard InChI is InChI=1S/C25H29NO4/c1-3-17-10-19-18(11-23(17)30-15-16-6-7-16)13-25(8-5-9-25)26-14-20(24(28)29-4-2)22(27)12-21(19)26/h10-12,14,16H,3-9,13,15H2,1-2H3. The number of benzene rings is 1. The Bertz CT molecular complexity index is 1060. The van der Waals surface area contributed by atoms with E-state index in [0.29, 0.717) is 5.92 Å². The lowest BCUT2D eigenvalue weighted by molar-refractivity contribution is 0.0521. The number of hydrogen-bond donors (Lipinski definition) is 0. The Morgan fingerprint density at radius 3 is 2.63 bits per heavy atom. The lowest BCUT2D eigenvalue weighted by Crippen LogP contribution is -2.46. The van der Waals surface area contributed by atoms with Crippen molar-refractivity contribution in [3.8, 4) is 17.0 Å². The molecule has 1 aromatic heterocycles. The van der Waals surface area contributed by atoms with Crippen LogP contribution in [-0.4, -0.2) is 23.8 Å². The highest BCUT2D eigenvalue weighted by Gasteiger charge is 2.43. The van der Waals surface area contributed by atoms with Gasteiger partial charge in [0, 0.05) is 23.4 Å². The Labute approximate surface area is 177 Å². The number of ether oxygens (including phenoxy) is 2. The Morgan fingerprint density at radius 2 is 2.00 bits per heavy atom. The van der Waals surface area contributed by atoms with Crippen LogP contribution in [0.3, 0.4) is 0 Å². The van der Waals surface area contributed by atoms with Gasteiger partial charge in [0.05, 0.1) is 18.9 Å². The molecule has 2 saturated carbocycles. The summed E-state index contributed by atoms with van der Waals surface area (Å²) in [5.74, 6) is 1.18. The lowest BCUT2D eigenvalue weighted by Gasteiger charge is -2.49. The fraction of sp³-hybridized carbons (Fsp3) is 0.520. The summed E-state index contributed by atoms with van der Waals surface area (Å²) in [7, 11) is 0. The van der Waals surface area contributed by atoms with E-state index >= 15 is 0 Å². The van der Waals surface area contributed by atoms with Gasteiger partial charge in [-0.15, -0.1) is 0 Å². The zero-order valence-corrected chi connectivity index (χ0v) is 17.8. The summed E-state index contributed by atoms with van der Waals surface area (Å²) < 4.78 is 13.5. The number of aryl methyl sites for hydroxylation is 1. The van der Waals surface area contributed by atoms with Gasteiger partial charge in [-0.25, -0.2) is 4.79 Å². The van der Waals surface area contributed by atoms with E-state index in [1.165, 1.54) is 24.0 Å². The maximum atomic E-state index is 12.8. The first kappa shape index (κ1) is 19.4. The second kappa shape index (κ2) is 7.29. The average Bonchev–Trinajstić information content (AvgIpc) is 3.54. The second-order valence-corrected chi connectivity index (χ2v) is 9.01. The van der Waals surface area contributed by atoms with E-state index in [4.69, 9.17) is 9.47 Å². The van der Waals surface area contributed by atoms with E-state index in [9.17, 15) is 9.59 Å². The zero-order valence-electron chi connectivity index (χ0n) is 17.8. The van der Waals surface area contributed by atoms with Gasteiger partial charge in [-0.2, -0.15) is 0 Å². The summed E-state index contributed by atoms with van der Waals surface area (Å²) >= 11 is 0. The van der Waals surface area contributed by atoms with Crippen LogP contribution < -0.4 is 10.2 Å². The van der Waals surface area contributed by atoms with Crippen molar-refractivity contribution >= 4 is 5.97 Å². The van der Waals surface area contributed by atoms with Crippen LogP contribution in [-0.2, 0) is 23.1 Å². The Morgan fingerprint density at radius 1 is 1.20 bits per heavy atom. The molecule has 2 fully saturated rings. The molecular weight excluding hydrogens is 378 g/mol. The predicted molar refractivity (Wildman–Crippen MR) is 115 cm³/mol. The number of fused-ring (bicyclic) bond motifs is 4. The summed E-state index contributed by atoms with van der Waals surface area (Å²) in [6.45, 7) is 4.96. The fourth-order valence-electron chi connectivity index (χ4n) is 4.89. The van der Waals surface area contributed by atoms with Crippen molar-refractivity contribution in [2.75, 3.05) is 13.2 Å². The van der Waals surface area contributed by atoms with Crippen LogP contribution in [0.1, 0.15) is 67.4 Å². The molecule has 2 aliphatic carbocycles. The first-order valence-corrected chi connectivity index (χ1v) is 11.3. The van der Waals surface area contributed by atoms with Crippen LogP contribution >= 0.6 is 0 Å². The third-order valence-electron chi connectivity index (χ3n) is 6.98. The SMILES string of the molecule is CCOC(=O)c1cn2c(cc1=O)-c1cc(CC)c(OCC3CC3)cc1CC21CCC1. The van der Waals surface area contributed by atoms with E-state index in [0.717, 1.165) is 55.7 Å². The van der Waals surface area contributed by atoms with Gasteiger partial charge in [-0.05, 0) is 81.0 Å². The lowest BCUT2D eigenvalue weighted by atomic mass is 9.69. The Hall–Kier alpha value is -2.56. The van der Waals surface area contributed by atoms with Crippen LogP contribution in [0.2, 0.25) is 0 Å². The summed E-state index contributed by atoms with van der Waals surface area (Å²) in [5.41, 5.74) is 4.24. The molecule has 0 bridgehead atoms. The van der Waals surface area contributed by atoms with Gasteiger partial charge in [0.15, 0.2) is 5.43 Å². The number of pyridine rings is 1. The third-order valence-corrected chi connectivity index (χ3v) is 6.98. The van der Waals surface area contributed by atoms with Crippen LogP contribution in [0.15, 0.2) is 29.2 Å². The maximum absolute atomic E-state index is 12.8. The number of esters is 1. The highest BCUT2D eigenvalue weighted by molar-refractivity contribution is 5.89. The molecule has 0 unspecified atom stereocenters. The molecule has 1 spiro atoms. The third kappa shape index (κ3) is 3.15. The van der Waals surface area contributed by atoms with E-state index in [-0.39, 0.29) is 23.1 Å². The van der Waals surface area contributed by atoms with E-state index in [1.807, 2.05) is 0 Å². The second-order valence-electron chi connectivity index (χ2n) is 9.01. The number of rotatable bonds is 6. The number of aromatic nitrogens is 1. The number of carbonyl (C=O) groups excluding carboxylic acids is 1. The quantitative estimate of drug-likeness (QED) is 0.663. The molecule has 0 N–H and O–H groups in total. The summed E-state index contributed by atoms with van der Waals surface area (Å²) in [6, 6.07) is 6.04. The van der Waals surface area contributed by atoms with Crippen molar-refractivity contribution in [1.82, 2.24) is 4.57 Å². The average molecular weight is 408 g/mol. The summed E-state index contributed by atoms with van der Waals surface area (Å²) in [5, 5.41) is 0. The van der Waals surface area contributed by atoms with Gasteiger partial charge in [0.1, 0.15) is 11.3 Å². The maximum Gasteiger partial charge on any atom is 0.343 e. The molecule has 2 heterocycles. The van der Waals surface area contributed by atoms with Gasteiger partial charge < -0.3 is 14.0 Å².